The minimum Gasteiger partial charge on any atom is -0.496 e. The Balaban J connectivity index is 2.03. The van der Waals surface area contributed by atoms with E-state index in [0.29, 0.717) is 28.1 Å². The van der Waals surface area contributed by atoms with Crippen LogP contribution < -0.4 is 16.0 Å². The molecule has 0 bridgehead atoms. The van der Waals surface area contributed by atoms with Gasteiger partial charge in [-0.1, -0.05) is 18.2 Å². The molecule has 0 saturated carbocycles. The largest absolute Gasteiger partial charge is 0.496 e. The van der Waals surface area contributed by atoms with Gasteiger partial charge in [-0.15, -0.1) is 0 Å². The first kappa shape index (κ1) is 15.9. The van der Waals surface area contributed by atoms with Crippen molar-refractivity contribution in [3.05, 3.63) is 81.5 Å². The number of rotatable bonds is 4. The van der Waals surface area contributed by atoms with E-state index in [-0.39, 0.29) is 6.54 Å². The molecule has 0 aliphatic carbocycles. The smallest absolute Gasteiger partial charge is 0.330 e. The zero-order valence-corrected chi connectivity index (χ0v) is 13.9. The van der Waals surface area contributed by atoms with Gasteiger partial charge in [-0.25, -0.2) is 9.78 Å². The number of nitrogens with zero attached hydrogens (tertiary/aromatic N) is 2. The number of pyridine rings is 1. The van der Waals surface area contributed by atoms with Gasteiger partial charge < -0.3 is 9.15 Å². The summed E-state index contributed by atoms with van der Waals surface area (Å²) in [6.07, 6.45) is 3.10. The number of methoxy groups -OCH3 is 1. The van der Waals surface area contributed by atoms with E-state index in [2.05, 4.69) is 9.97 Å². The number of hydrogen-bond donors (Lipinski definition) is 1. The molecule has 26 heavy (non-hydrogen) atoms. The van der Waals surface area contributed by atoms with Gasteiger partial charge in [-0.3, -0.25) is 14.3 Å². The van der Waals surface area contributed by atoms with Crippen LogP contribution in [0.2, 0.25) is 0 Å². The van der Waals surface area contributed by atoms with Crippen LogP contribution in [0.5, 0.6) is 5.75 Å². The fourth-order valence-electron chi connectivity index (χ4n) is 3.00. The summed E-state index contributed by atoms with van der Waals surface area (Å²) in [6, 6.07) is 12.6. The zero-order valence-electron chi connectivity index (χ0n) is 13.9. The number of nitrogens with one attached hydrogen (secondary N) is 1. The minimum atomic E-state index is -0.538. The molecule has 0 spiro atoms. The summed E-state index contributed by atoms with van der Waals surface area (Å²) >= 11 is 0. The Hall–Kier alpha value is -3.61. The van der Waals surface area contributed by atoms with Gasteiger partial charge in [0.1, 0.15) is 11.5 Å². The highest BCUT2D eigenvalue weighted by Gasteiger charge is 2.16. The molecule has 7 nitrogen and oxygen atoms in total. The summed E-state index contributed by atoms with van der Waals surface area (Å²) in [5, 5.41) is 0.322. The van der Waals surface area contributed by atoms with Crippen LogP contribution in [0.3, 0.4) is 0 Å². The molecule has 0 fully saturated rings. The second-order valence-electron chi connectivity index (χ2n) is 5.68. The molecule has 1 aromatic carbocycles. The van der Waals surface area contributed by atoms with Gasteiger partial charge in [-0.05, 0) is 24.3 Å². The molecule has 130 valence electrons. The van der Waals surface area contributed by atoms with Crippen molar-refractivity contribution in [3.63, 3.8) is 0 Å². The van der Waals surface area contributed by atoms with E-state index in [1.165, 1.54) is 10.8 Å². The molecular formula is C19H15N3O4. The lowest BCUT2D eigenvalue weighted by molar-refractivity contribution is 0.416. The molecule has 0 saturated heterocycles. The van der Waals surface area contributed by atoms with Crippen molar-refractivity contribution in [2.45, 2.75) is 6.54 Å². The molecule has 0 unspecified atom stereocenters. The highest BCUT2D eigenvalue weighted by molar-refractivity contribution is 5.93. The van der Waals surface area contributed by atoms with Crippen LogP contribution in [0.25, 0.3) is 22.2 Å². The highest BCUT2D eigenvalue weighted by atomic mass is 16.5. The van der Waals surface area contributed by atoms with Crippen molar-refractivity contribution in [3.8, 4) is 16.9 Å². The second kappa shape index (κ2) is 6.36. The Kier molecular flexibility index (Phi) is 3.89. The third kappa shape index (κ3) is 2.59. The van der Waals surface area contributed by atoms with Crippen LogP contribution in [0, 0.1) is 0 Å². The fourth-order valence-corrected chi connectivity index (χ4v) is 3.00. The monoisotopic (exact) mass is 349 g/mol. The van der Waals surface area contributed by atoms with E-state index in [9.17, 15) is 9.59 Å². The number of benzene rings is 1. The van der Waals surface area contributed by atoms with Crippen LogP contribution in [-0.2, 0) is 6.54 Å². The van der Waals surface area contributed by atoms with Crippen molar-refractivity contribution in [1.82, 2.24) is 14.5 Å². The van der Waals surface area contributed by atoms with E-state index in [0.717, 1.165) is 5.56 Å². The average Bonchev–Trinajstić information content (AvgIpc) is 3.17. The van der Waals surface area contributed by atoms with Gasteiger partial charge in [0.05, 0.1) is 25.3 Å². The lowest BCUT2D eigenvalue weighted by Crippen LogP contribution is -2.31. The summed E-state index contributed by atoms with van der Waals surface area (Å²) in [7, 11) is 1.57. The molecule has 7 heteroatoms. The molecule has 1 N–H and O–H groups in total. The maximum atomic E-state index is 12.6. The Morgan fingerprint density at radius 2 is 1.96 bits per heavy atom. The maximum Gasteiger partial charge on any atom is 0.330 e. The quantitative estimate of drug-likeness (QED) is 0.611. The first-order valence-electron chi connectivity index (χ1n) is 7.96. The summed E-state index contributed by atoms with van der Waals surface area (Å²) in [6.45, 7) is 0.168. The van der Waals surface area contributed by atoms with Gasteiger partial charge in [0.2, 0.25) is 0 Å². The van der Waals surface area contributed by atoms with Gasteiger partial charge in [0, 0.05) is 17.3 Å². The number of furan rings is 1. The van der Waals surface area contributed by atoms with E-state index in [1.54, 1.807) is 31.5 Å². The molecule has 3 aromatic heterocycles. The number of H-pyrrole nitrogens is 1. The van der Waals surface area contributed by atoms with E-state index in [1.807, 2.05) is 24.3 Å². The molecule has 0 radical (unpaired) electrons. The molecule has 0 amide bonds. The van der Waals surface area contributed by atoms with Crippen molar-refractivity contribution in [2.75, 3.05) is 7.11 Å². The fraction of sp³-hybridized carbons (Fsp3) is 0.105. The third-order valence-electron chi connectivity index (χ3n) is 4.17. The first-order valence-corrected chi connectivity index (χ1v) is 7.96. The van der Waals surface area contributed by atoms with Crippen LogP contribution >= 0.6 is 0 Å². The van der Waals surface area contributed by atoms with Crippen molar-refractivity contribution in [1.29, 1.82) is 0 Å². The van der Waals surface area contributed by atoms with Crippen molar-refractivity contribution >= 4 is 11.0 Å². The maximum absolute atomic E-state index is 12.6. The highest BCUT2D eigenvalue weighted by Crippen LogP contribution is 2.32. The van der Waals surface area contributed by atoms with Crippen LogP contribution in [0.4, 0.5) is 0 Å². The Morgan fingerprint density at radius 3 is 2.73 bits per heavy atom. The minimum absolute atomic E-state index is 0.168. The van der Waals surface area contributed by atoms with Crippen LogP contribution in [0.1, 0.15) is 5.76 Å². The topological polar surface area (TPSA) is 90.1 Å². The molecule has 4 rings (SSSR count). The molecule has 0 aliphatic rings. The lowest BCUT2D eigenvalue weighted by Gasteiger charge is -2.12. The summed E-state index contributed by atoms with van der Waals surface area (Å²) in [5.41, 5.74) is 0.648. The first-order chi connectivity index (χ1) is 12.7. The zero-order chi connectivity index (χ0) is 18.1. The average molecular weight is 349 g/mol. The normalized spacial score (nSPS) is 11.0. The second-order valence-corrected chi connectivity index (χ2v) is 5.68. The summed E-state index contributed by atoms with van der Waals surface area (Å²) in [5.74, 6) is 1.22. The Bertz CT molecular complexity index is 1190. The lowest BCUT2D eigenvalue weighted by atomic mass is 10.0. The molecule has 0 atom stereocenters. The van der Waals surface area contributed by atoms with Gasteiger partial charge in [-0.2, -0.15) is 0 Å². The van der Waals surface area contributed by atoms with Crippen molar-refractivity contribution < 1.29 is 9.15 Å². The number of aromatic amines is 1. The number of aromatic nitrogens is 3. The van der Waals surface area contributed by atoms with E-state index < -0.39 is 11.2 Å². The Morgan fingerprint density at radius 1 is 1.12 bits per heavy atom. The number of ether oxygens (including phenoxy) is 1. The third-order valence-corrected chi connectivity index (χ3v) is 4.17. The molecule has 3 heterocycles. The summed E-state index contributed by atoms with van der Waals surface area (Å²) in [4.78, 5) is 31.6. The van der Waals surface area contributed by atoms with Gasteiger partial charge in [0.15, 0.2) is 5.65 Å². The molecule has 0 aliphatic heterocycles. The number of para-hydroxylation sites is 1. The predicted octanol–water partition coefficient (Wildman–Crippen LogP) is 2.40. The van der Waals surface area contributed by atoms with Gasteiger partial charge >= 0.3 is 5.69 Å². The van der Waals surface area contributed by atoms with Crippen LogP contribution in [0.15, 0.2) is 68.9 Å². The summed E-state index contributed by atoms with van der Waals surface area (Å²) < 4.78 is 12.1. The van der Waals surface area contributed by atoms with E-state index in [4.69, 9.17) is 9.15 Å². The molecule has 4 aromatic rings. The van der Waals surface area contributed by atoms with E-state index >= 15 is 0 Å². The Labute approximate surface area is 147 Å². The van der Waals surface area contributed by atoms with Gasteiger partial charge in [0.25, 0.3) is 5.56 Å². The SMILES string of the molecule is COc1ccccc1-c1ccnc2c1c(=O)[nH]c(=O)n2Cc1ccco1. The number of hydrogen-bond acceptors (Lipinski definition) is 5. The standard InChI is InChI=1S/C19H15N3O4/c1-25-15-7-3-2-6-13(15)14-8-9-20-17-16(14)18(23)21-19(24)22(17)11-12-5-4-10-26-12/h2-10H,11H2,1H3,(H,21,23,24). The van der Waals surface area contributed by atoms with Crippen LogP contribution in [-0.4, -0.2) is 21.6 Å². The number of fused-ring (bicyclic) bond motifs is 1. The molecular weight excluding hydrogens is 334 g/mol. The van der Waals surface area contributed by atoms with Crippen molar-refractivity contribution in [2.24, 2.45) is 0 Å². The predicted molar refractivity (Wildman–Crippen MR) is 96.4 cm³/mol.